The van der Waals surface area contributed by atoms with Crippen LogP contribution in [0.2, 0.25) is 0 Å². The summed E-state index contributed by atoms with van der Waals surface area (Å²) in [7, 11) is 1.62. The number of anilines is 1. The molecule has 20 heavy (non-hydrogen) atoms. The van der Waals surface area contributed by atoms with E-state index in [4.69, 9.17) is 5.11 Å². The van der Waals surface area contributed by atoms with Gasteiger partial charge in [0, 0.05) is 5.69 Å². The van der Waals surface area contributed by atoms with Gasteiger partial charge in [0.25, 0.3) is 0 Å². The van der Waals surface area contributed by atoms with E-state index in [0.717, 1.165) is 11.3 Å². The van der Waals surface area contributed by atoms with Crippen molar-refractivity contribution in [2.24, 2.45) is 0 Å². The molecule has 1 amide bonds. The van der Waals surface area contributed by atoms with Crippen molar-refractivity contribution >= 4 is 17.6 Å². The molecular weight excluding hydrogens is 256 g/mol. The van der Waals surface area contributed by atoms with E-state index in [2.05, 4.69) is 19.2 Å². The first-order valence-corrected chi connectivity index (χ1v) is 6.64. The average Bonchev–Trinajstić information content (AvgIpc) is 2.37. The Morgan fingerprint density at radius 2 is 1.85 bits per heavy atom. The van der Waals surface area contributed by atoms with Crippen molar-refractivity contribution in [3.05, 3.63) is 29.8 Å². The lowest BCUT2D eigenvalue weighted by Crippen LogP contribution is -2.40. The number of hydrogen-bond acceptors (Lipinski definition) is 3. The van der Waals surface area contributed by atoms with Crippen LogP contribution in [0.15, 0.2) is 24.3 Å². The fourth-order valence-corrected chi connectivity index (χ4v) is 1.86. The Morgan fingerprint density at radius 3 is 2.40 bits per heavy atom. The van der Waals surface area contributed by atoms with Gasteiger partial charge in [-0.25, -0.2) is 0 Å². The Bertz CT molecular complexity index is 486. The molecule has 1 aromatic carbocycles. The summed E-state index contributed by atoms with van der Waals surface area (Å²) in [6.07, 6.45) is 0. The minimum atomic E-state index is -0.942. The van der Waals surface area contributed by atoms with Crippen LogP contribution < -0.4 is 5.32 Å². The number of aliphatic carboxylic acids is 1. The minimum Gasteiger partial charge on any atom is -0.480 e. The highest BCUT2D eigenvalue weighted by molar-refractivity contribution is 5.93. The number of amides is 1. The Labute approximate surface area is 119 Å². The number of carboxylic acids is 1. The summed E-state index contributed by atoms with van der Waals surface area (Å²) in [5.41, 5.74) is 1.85. The highest BCUT2D eigenvalue weighted by Gasteiger charge is 2.19. The van der Waals surface area contributed by atoms with E-state index < -0.39 is 12.0 Å². The van der Waals surface area contributed by atoms with Gasteiger partial charge in [-0.1, -0.05) is 32.0 Å². The van der Waals surface area contributed by atoms with Crippen LogP contribution in [-0.2, 0) is 9.59 Å². The molecule has 0 fully saturated rings. The van der Waals surface area contributed by atoms with E-state index in [-0.39, 0.29) is 12.5 Å². The molecule has 0 saturated heterocycles. The molecule has 1 unspecified atom stereocenters. The van der Waals surface area contributed by atoms with Gasteiger partial charge < -0.3 is 10.4 Å². The van der Waals surface area contributed by atoms with Crippen LogP contribution in [0.1, 0.15) is 32.3 Å². The Morgan fingerprint density at radius 1 is 1.25 bits per heavy atom. The molecule has 0 radical (unpaired) electrons. The molecule has 110 valence electrons. The summed E-state index contributed by atoms with van der Waals surface area (Å²) in [6.45, 7) is 5.71. The molecule has 0 aromatic heterocycles. The standard InChI is InChI=1S/C15H22N2O3/c1-10(2)12-7-5-6-8-13(12)16-14(18)9-17(4)11(3)15(19)20/h5-8,10-11H,9H2,1-4H3,(H,16,18)(H,19,20). The van der Waals surface area contributed by atoms with Crippen LogP contribution in [-0.4, -0.2) is 41.5 Å². The summed E-state index contributed by atoms with van der Waals surface area (Å²) in [4.78, 5) is 24.3. The summed E-state index contributed by atoms with van der Waals surface area (Å²) in [5.74, 6) is -0.848. The number of carbonyl (C=O) groups excluding carboxylic acids is 1. The van der Waals surface area contributed by atoms with Crippen molar-refractivity contribution in [1.82, 2.24) is 4.90 Å². The van der Waals surface area contributed by atoms with Gasteiger partial charge in [0.1, 0.15) is 6.04 Å². The van der Waals surface area contributed by atoms with Crippen molar-refractivity contribution in [1.29, 1.82) is 0 Å². The van der Waals surface area contributed by atoms with Crippen LogP contribution in [0.4, 0.5) is 5.69 Å². The third-order valence-corrected chi connectivity index (χ3v) is 3.27. The van der Waals surface area contributed by atoms with Crippen molar-refractivity contribution in [3.8, 4) is 0 Å². The van der Waals surface area contributed by atoms with Crippen LogP contribution >= 0.6 is 0 Å². The number of hydrogen-bond donors (Lipinski definition) is 2. The van der Waals surface area contributed by atoms with Crippen molar-refractivity contribution in [2.45, 2.75) is 32.7 Å². The van der Waals surface area contributed by atoms with Gasteiger partial charge in [-0.05, 0) is 31.5 Å². The zero-order valence-corrected chi connectivity index (χ0v) is 12.4. The van der Waals surface area contributed by atoms with Crippen molar-refractivity contribution < 1.29 is 14.7 Å². The lowest BCUT2D eigenvalue weighted by Gasteiger charge is -2.21. The first kappa shape index (κ1) is 16.2. The monoisotopic (exact) mass is 278 g/mol. The maximum atomic E-state index is 12.0. The third-order valence-electron chi connectivity index (χ3n) is 3.27. The van der Waals surface area contributed by atoms with Crippen LogP contribution in [0.25, 0.3) is 0 Å². The first-order valence-electron chi connectivity index (χ1n) is 6.64. The van der Waals surface area contributed by atoms with Gasteiger partial charge in [0.05, 0.1) is 6.54 Å². The number of para-hydroxylation sites is 1. The normalized spacial score (nSPS) is 12.5. The zero-order chi connectivity index (χ0) is 15.3. The van der Waals surface area contributed by atoms with Gasteiger partial charge in [0.15, 0.2) is 0 Å². The number of benzene rings is 1. The number of nitrogens with zero attached hydrogens (tertiary/aromatic N) is 1. The third kappa shape index (κ3) is 4.35. The van der Waals surface area contributed by atoms with Gasteiger partial charge in [0.2, 0.25) is 5.91 Å². The molecule has 1 atom stereocenters. The summed E-state index contributed by atoms with van der Waals surface area (Å²) < 4.78 is 0. The van der Waals surface area contributed by atoms with Crippen LogP contribution in [0.3, 0.4) is 0 Å². The first-order chi connectivity index (χ1) is 9.32. The minimum absolute atomic E-state index is 0.0416. The highest BCUT2D eigenvalue weighted by atomic mass is 16.4. The number of likely N-dealkylation sites (N-methyl/N-ethyl adjacent to an activating group) is 1. The lowest BCUT2D eigenvalue weighted by molar-refractivity contribution is -0.142. The molecule has 0 spiro atoms. The molecule has 0 bridgehead atoms. The molecule has 5 nitrogen and oxygen atoms in total. The SMILES string of the molecule is CC(C)c1ccccc1NC(=O)CN(C)C(C)C(=O)O. The van der Waals surface area contributed by atoms with Gasteiger partial charge in [-0.15, -0.1) is 0 Å². The second-order valence-electron chi connectivity index (χ2n) is 5.22. The van der Waals surface area contributed by atoms with Gasteiger partial charge in [-0.2, -0.15) is 0 Å². The summed E-state index contributed by atoms with van der Waals surface area (Å²) in [6, 6.07) is 6.94. The van der Waals surface area contributed by atoms with E-state index >= 15 is 0 Å². The molecule has 0 aliphatic carbocycles. The maximum absolute atomic E-state index is 12.0. The molecule has 2 N–H and O–H groups in total. The molecule has 1 rings (SSSR count). The maximum Gasteiger partial charge on any atom is 0.320 e. The largest absolute Gasteiger partial charge is 0.480 e. The van der Waals surface area contributed by atoms with Gasteiger partial charge >= 0.3 is 5.97 Å². The van der Waals surface area contributed by atoms with E-state index in [9.17, 15) is 9.59 Å². The Hall–Kier alpha value is -1.88. The van der Waals surface area contributed by atoms with Crippen molar-refractivity contribution in [2.75, 3.05) is 18.9 Å². The molecule has 1 aromatic rings. The molecular formula is C15H22N2O3. The number of carboxylic acid groups (broad SMARTS) is 1. The van der Waals surface area contributed by atoms with Crippen LogP contribution in [0.5, 0.6) is 0 Å². The topological polar surface area (TPSA) is 69.6 Å². The number of nitrogens with one attached hydrogen (secondary N) is 1. The van der Waals surface area contributed by atoms with E-state index in [1.807, 2.05) is 24.3 Å². The van der Waals surface area contributed by atoms with Crippen LogP contribution in [0, 0.1) is 0 Å². The molecule has 5 heteroatoms. The Balaban J connectivity index is 2.70. The average molecular weight is 278 g/mol. The van der Waals surface area contributed by atoms with E-state index in [0.29, 0.717) is 5.92 Å². The molecule has 0 aliphatic rings. The summed E-state index contributed by atoms with van der Waals surface area (Å²) in [5, 5.41) is 11.7. The predicted octanol–water partition coefficient (Wildman–Crippen LogP) is 2.15. The Kier molecular flexibility index (Phi) is 5.70. The predicted molar refractivity (Wildman–Crippen MR) is 78.9 cm³/mol. The second-order valence-corrected chi connectivity index (χ2v) is 5.22. The smallest absolute Gasteiger partial charge is 0.320 e. The molecule has 0 heterocycles. The lowest BCUT2D eigenvalue weighted by atomic mass is 10.0. The number of carbonyl (C=O) groups is 2. The fourth-order valence-electron chi connectivity index (χ4n) is 1.86. The second kappa shape index (κ2) is 7.05. The zero-order valence-electron chi connectivity index (χ0n) is 12.4. The van der Waals surface area contributed by atoms with Crippen molar-refractivity contribution in [3.63, 3.8) is 0 Å². The van der Waals surface area contributed by atoms with E-state index in [1.54, 1.807) is 14.0 Å². The number of rotatable bonds is 6. The van der Waals surface area contributed by atoms with E-state index in [1.165, 1.54) is 4.90 Å². The highest BCUT2D eigenvalue weighted by Crippen LogP contribution is 2.23. The van der Waals surface area contributed by atoms with Gasteiger partial charge in [-0.3, -0.25) is 14.5 Å². The quantitative estimate of drug-likeness (QED) is 0.836. The summed E-state index contributed by atoms with van der Waals surface area (Å²) >= 11 is 0. The molecule has 0 saturated carbocycles. The molecule has 0 aliphatic heterocycles. The fraction of sp³-hybridized carbons (Fsp3) is 0.467.